The van der Waals surface area contributed by atoms with E-state index in [4.69, 9.17) is 5.11 Å². The molecule has 0 saturated heterocycles. The van der Waals surface area contributed by atoms with Crippen LogP contribution in [0.15, 0.2) is 24.3 Å². The van der Waals surface area contributed by atoms with Gasteiger partial charge in [-0.1, -0.05) is 12.1 Å². The molecule has 0 atom stereocenters. The van der Waals surface area contributed by atoms with Crippen molar-refractivity contribution < 1.29 is 14.7 Å². The van der Waals surface area contributed by atoms with E-state index >= 15 is 0 Å². The molecule has 0 aliphatic heterocycles. The molecule has 0 saturated carbocycles. The Kier molecular flexibility index (Phi) is 4.32. The van der Waals surface area contributed by atoms with Gasteiger partial charge in [0.25, 0.3) is 5.91 Å². The zero-order valence-corrected chi connectivity index (χ0v) is 8.99. The molecule has 0 aromatic heterocycles. The van der Waals surface area contributed by atoms with E-state index in [1.807, 2.05) is 6.92 Å². The molecule has 0 bridgehead atoms. The molecule has 0 aliphatic carbocycles. The highest BCUT2D eigenvalue weighted by atomic mass is 16.4. The minimum absolute atomic E-state index is 0.212. The summed E-state index contributed by atoms with van der Waals surface area (Å²) in [6.45, 7) is 2.15. The molecule has 16 heavy (non-hydrogen) atoms. The standard InChI is InChI=1S/C11H14N2O3/c1-2-12-11(16)8-5-3-4-6-9(8)13-7-10(14)15/h3-6,13H,2,7H2,1H3,(H,12,16)(H,14,15). The first-order chi connectivity index (χ1) is 7.65. The highest BCUT2D eigenvalue weighted by molar-refractivity contribution is 5.99. The lowest BCUT2D eigenvalue weighted by Gasteiger charge is -2.09. The highest BCUT2D eigenvalue weighted by Crippen LogP contribution is 2.14. The summed E-state index contributed by atoms with van der Waals surface area (Å²) < 4.78 is 0. The van der Waals surface area contributed by atoms with E-state index in [-0.39, 0.29) is 12.5 Å². The summed E-state index contributed by atoms with van der Waals surface area (Å²) in [5, 5.41) is 13.9. The van der Waals surface area contributed by atoms with Crippen LogP contribution in [0.25, 0.3) is 0 Å². The van der Waals surface area contributed by atoms with Gasteiger partial charge >= 0.3 is 5.97 Å². The number of carbonyl (C=O) groups excluding carboxylic acids is 1. The Bertz CT molecular complexity index is 391. The lowest BCUT2D eigenvalue weighted by Crippen LogP contribution is -2.24. The molecular weight excluding hydrogens is 208 g/mol. The van der Waals surface area contributed by atoms with Gasteiger partial charge in [0.15, 0.2) is 0 Å². The summed E-state index contributed by atoms with van der Waals surface area (Å²) in [5.74, 6) is -1.18. The third kappa shape index (κ3) is 3.27. The van der Waals surface area contributed by atoms with E-state index in [2.05, 4.69) is 10.6 Å². The summed E-state index contributed by atoms with van der Waals surface area (Å²) in [5.41, 5.74) is 0.974. The van der Waals surface area contributed by atoms with Crippen LogP contribution in [0.1, 0.15) is 17.3 Å². The predicted molar refractivity (Wildman–Crippen MR) is 60.6 cm³/mol. The Labute approximate surface area is 93.5 Å². The molecule has 0 aliphatic rings. The summed E-state index contributed by atoms with van der Waals surface area (Å²) in [6, 6.07) is 6.80. The number of hydrogen-bond donors (Lipinski definition) is 3. The van der Waals surface area contributed by atoms with Gasteiger partial charge in [-0.05, 0) is 19.1 Å². The van der Waals surface area contributed by atoms with Gasteiger partial charge in [-0.3, -0.25) is 9.59 Å². The Hall–Kier alpha value is -2.04. The third-order valence-corrected chi connectivity index (χ3v) is 1.94. The van der Waals surface area contributed by atoms with Gasteiger partial charge in [-0.15, -0.1) is 0 Å². The molecule has 1 amide bonds. The van der Waals surface area contributed by atoms with Crippen molar-refractivity contribution >= 4 is 17.6 Å². The number of para-hydroxylation sites is 1. The van der Waals surface area contributed by atoms with Crippen LogP contribution >= 0.6 is 0 Å². The van der Waals surface area contributed by atoms with E-state index in [1.165, 1.54) is 0 Å². The zero-order chi connectivity index (χ0) is 12.0. The van der Waals surface area contributed by atoms with Crippen molar-refractivity contribution in [3.8, 4) is 0 Å². The minimum atomic E-state index is -0.967. The minimum Gasteiger partial charge on any atom is -0.480 e. The topological polar surface area (TPSA) is 78.4 Å². The highest BCUT2D eigenvalue weighted by Gasteiger charge is 2.09. The number of amides is 1. The summed E-state index contributed by atoms with van der Waals surface area (Å²) >= 11 is 0. The maximum Gasteiger partial charge on any atom is 0.322 e. The molecule has 86 valence electrons. The van der Waals surface area contributed by atoms with Gasteiger partial charge in [-0.25, -0.2) is 0 Å². The fourth-order valence-corrected chi connectivity index (χ4v) is 1.26. The van der Waals surface area contributed by atoms with Gasteiger partial charge in [0.05, 0.1) is 5.56 Å². The summed E-state index contributed by atoms with van der Waals surface area (Å²) in [4.78, 5) is 22.0. The maximum absolute atomic E-state index is 11.6. The monoisotopic (exact) mass is 222 g/mol. The van der Waals surface area contributed by atoms with E-state index in [1.54, 1.807) is 24.3 Å². The molecule has 0 unspecified atom stereocenters. The number of anilines is 1. The molecule has 0 heterocycles. The van der Waals surface area contributed by atoms with E-state index < -0.39 is 5.97 Å². The number of aliphatic carboxylic acids is 1. The Morgan fingerprint density at radius 2 is 2.00 bits per heavy atom. The molecule has 1 aromatic rings. The van der Waals surface area contributed by atoms with Crippen molar-refractivity contribution in [2.45, 2.75) is 6.92 Å². The number of benzene rings is 1. The van der Waals surface area contributed by atoms with E-state index in [0.717, 1.165) is 0 Å². The zero-order valence-electron chi connectivity index (χ0n) is 8.99. The first kappa shape index (κ1) is 12.0. The predicted octanol–water partition coefficient (Wildman–Crippen LogP) is 0.933. The Balaban J connectivity index is 2.82. The molecule has 0 radical (unpaired) electrons. The molecular formula is C11H14N2O3. The van der Waals surface area contributed by atoms with Crippen molar-refractivity contribution in [2.24, 2.45) is 0 Å². The molecule has 0 fully saturated rings. The van der Waals surface area contributed by atoms with Crippen molar-refractivity contribution in [3.05, 3.63) is 29.8 Å². The Morgan fingerprint density at radius 3 is 2.62 bits per heavy atom. The average Bonchev–Trinajstić information content (AvgIpc) is 2.27. The number of rotatable bonds is 5. The molecule has 5 nitrogen and oxygen atoms in total. The lowest BCUT2D eigenvalue weighted by molar-refractivity contribution is -0.134. The quantitative estimate of drug-likeness (QED) is 0.692. The van der Waals surface area contributed by atoms with Crippen LogP contribution in [0.5, 0.6) is 0 Å². The molecule has 0 spiro atoms. The van der Waals surface area contributed by atoms with E-state index in [9.17, 15) is 9.59 Å². The molecule has 3 N–H and O–H groups in total. The van der Waals surface area contributed by atoms with Crippen LogP contribution in [-0.4, -0.2) is 30.1 Å². The van der Waals surface area contributed by atoms with Crippen LogP contribution < -0.4 is 10.6 Å². The van der Waals surface area contributed by atoms with Crippen LogP contribution in [0.2, 0.25) is 0 Å². The molecule has 1 aromatic carbocycles. The number of nitrogens with one attached hydrogen (secondary N) is 2. The second-order valence-corrected chi connectivity index (χ2v) is 3.15. The van der Waals surface area contributed by atoms with Gasteiger partial charge < -0.3 is 15.7 Å². The average molecular weight is 222 g/mol. The van der Waals surface area contributed by atoms with Gasteiger partial charge in [0.2, 0.25) is 0 Å². The van der Waals surface area contributed by atoms with Crippen molar-refractivity contribution in [1.29, 1.82) is 0 Å². The largest absolute Gasteiger partial charge is 0.480 e. The second kappa shape index (κ2) is 5.75. The van der Waals surface area contributed by atoms with E-state index in [0.29, 0.717) is 17.8 Å². The maximum atomic E-state index is 11.6. The van der Waals surface area contributed by atoms with Crippen molar-refractivity contribution in [3.63, 3.8) is 0 Å². The summed E-state index contributed by atoms with van der Waals surface area (Å²) in [6.07, 6.45) is 0. The number of carboxylic acids is 1. The number of hydrogen-bond acceptors (Lipinski definition) is 3. The van der Waals surface area contributed by atoms with Crippen LogP contribution in [0.3, 0.4) is 0 Å². The number of carboxylic acid groups (broad SMARTS) is 1. The first-order valence-electron chi connectivity index (χ1n) is 4.98. The third-order valence-electron chi connectivity index (χ3n) is 1.94. The van der Waals surface area contributed by atoms with Crippen LogP contribution in [0.4, 0.5) is 5.69 Å². The second-order valence-electron chi connectivity index (χ2n) is 3.15. The molecule has 1 rings (SSSR count). The first-order valence-corrected chi connectivity index (χ1v) is 4.98. The molecule has 5 heteroatoms. The Morgan fingerprint density at radius 1 is 1.31 bits per heavy atom. The summed E-state index contributed by atoms with van der Waals surface area (Å²) in [7, 11) is 0. The fourth-order valence-electron chi connectivity index (χ4n) is 1.26. The van der Waals surface area contributed by atoms with Crippen LogP contribution in [0, 0.1) is 0 Å². The van der Waals surface area contributed by atoms with Gasteiger partial charge in [0, 0.05) is 12.2 Å². The van der Waals surface area contributed by atoms with Gasteiger partial charge in [-0.2, -0.15) is 0 Å². The van der Waals surface area contributed by atoms with Gasteiger partial charge in [0.1, 0.15) is 6.54 Å². The van der Waals surface area contributed by atoms with Crippen LogP contribution in [-0.2, 0) is 4.79 Å². The fraction of sp³-hybridized carbons (Fsp3) is 0.273. The number of carbonyl (C=O) groups is 2. The smallest absolute Gasteiger partial charge is 0.322 e. The van der Waals surface area contributed by atoms with Crippen molar-refractivity contribution in [1.82, 2.24) is 5.32 Å². The normalized spacial score (nSPS) is 9.56. The SMILES string of the molecule is CCNC(=O)c1ccccc1NCC(=O)O. The lowest BCUT2D eigenvalue weighted by atomic mass is 10.1. The van der Waals surface area contributed by atoms with Crippen molar-refractivity contribution in [2.75, 3.05) is 18.4 Å².